The highest BCUT2D eigenvalue weighted by Crippen LogP contribution is 2.56. The molecule has 0 saturated carbocycles. The van der Waals surface area contributed by atoms with E-state index in [-0.39, 0.29) is 5.16 Å². The van der Waals surface area contributed by atoms with Crippen molar-refractivity contribution in [2.75, 3.05) is 6.16 Å². The second-order valence-electron chi connectivity index (χ2n) is 5.00. The largest absolute Gasteiger partial charge is 0.318 e. The molecule has 0 aliphatic rings. The number of rotatable bonds is 3. The van der Waals surface area contributed by atoms with Crippen molar-refractivity contribution in [3.05, 3.63) is 42.5 Å². The molecule has 0 radical (unpaired) electrons. The molecule has 88 valence electrons. The molecule has 2 heteroatoms. The van der Waals surface area contributed by atoms with Crippen molar-refractivity contribution in [1.29, 1.82) is 0 Å². The van der Waals surface area contributed by atoms with E-state index in [0.717, 1.165) is 5.30 Å². The topological polar surface area (TPSA) is 17.1 Å². The first-order chi connectivity index (χ1) is 7.42. The second-order valence-corrected chi connectivity index (χ2v) is 8.70. The van der Waals surface area contributed by atoms with Gasteiger partial charge in [0.05, 0.1) is 0 Å². The van der Waals surface area contributed by atoms with E-state index in [1.165, 1.54) is 0 Å². The Bertz CT molecular complexity index is 398. The molecule has 1 aromatic rings. The van der Waals surface area contributed by atoms with Gasteiger partial charge in [-0.1, -0.05) is 63.3 Å². The smallest absolute Gasteiger partial charge is 0.124 e. The third kappa shape index (κ3) is 2.65. The summed E-state index contributed by atoms with van der Waals surface area (Å²) >= 11 is 0. The van der Waals surface area contributed by atoms with Crippen LogP contribution in [0, 0.1) is 0 Å². The van der Waals surface area contributed by atoms with E-state index in [1.54, 1.807) is 0 Å². The van der Waals surface area contributed by atoms with Crippen molar-refractivity contribution in [2.45, 2.75) is 32.9 Å². The van der Waals surface area contributed by atoms with Crippen LogP contribution in [0.25, 0.3) is 0 Å². The standard InChI is InChI=1S/C14H21OP/c1-5-6-12-16(15,14(2,3)4)13-10-8-7-9-11-13/h5-11H,12H2,1-4H3/b6-5+. The van der Waals surface area contributed by atoms with Crippen LogP contribution in [0.1, 0.15) is 27.7 Å². The molecule has 0 bridgehead atoms. The van der Waals surface area contributed by atoms with E-state index < -0.39 is 7.14 Å². The Balaban J connectivity index is 3.21. The van der Waals surface area contributed by atoms with E-state index in [0.29, 0.717) is 6.16 Å². The molecule has 0 amide bonds. The highest BCUT2D eigenvalue weighted by molar-refractivity contribution is 7.73. The van der Waals surface area contributed by atoms with Gasteiger partial charge in [0.15, 0.2) is 0 Å². The molecule has 1 rings (SSSR count). The zero-order chi connectivity index (χ0) is 12.2. The molecule has 16 heavy (non-hydrogen) atoms. The van der Waals surface area contributed by atoms with Crippen LogP contribution in [0.3, 0.4) is 0 Å². The molecule has 0 fully saturated rings. The summed E-state index contributed by atoms with van der Waals surface area (Å²) < 4.78 is 13.1. The summed E-state index contributed by atoms with van der Waals surface area (Å²) in [7, 11) is -2.36. The fourth-order valence-electron chi connectivity index (χ4n) is 1.69. The van der Waals surface area contributed by atoms with Gasteiger partial charge in [-0.2, -0.15) is 0 Å². The van der Waals surface area contributed by atoms with Crippen LogP contribution in [0.2, 0.25) is 0 Å². The van der Waals surface area contributed by atoms with E-state index in [9.17, 15) is 4.57 Å². The fourth-order valence-corrected chi connectivity index (χ4v) is 4.38. The van der Waals surface area contributed by atoms with Gasteiger partial charge in [0.2, 0.25) is 0 Å². The average Bonchev–Trinajstić information content (AvgIpc) is 2.25. The molecule has 0 N–H and O–H groups in total. The lowest BCUT2D eigenvalue weighted by Crippen LogP contribution is -2.24. The predicted molar refractivity (Wildman–Crippen MR) is 73.1 cm³/mol. The Morgan fingerprint density at radius 2 is 1.75 bits per heavy atom. The van der Waals surface area contributed by atoms with Gasteiger partial charge in [-0.3, -0.25) is 0 Å². The summed E-state index contributed by atoms with van der Waals surface area (Å²) in [6, 6.07) is 9.85. The Kier molecular flexibility index (Phi) is 4.15. The van der Waals surface area contributed by atoms with E-state index in [4.69, 9.17) is 0 Å². The maximum absolute atomic E-state index is 13.1. The molecule has 0 aliphatic carbocycles. The SMILES string of the molecule is C/C=C/CP(=O)(c1ccccc1)C(C)(C)C. The van der Waals surface area contributed by atoms with Gasteiger partial charge in [-0.05, 0) is 6.92 Å². The first kappa shape index (κ1) is 13.3. The Morgan fingerprint density at radius 3 is 2.19 bits per heavy atom. The van der Waals surface area contributed by atoms with Crippen molar-refractivity contribution in [3.63, 3.8) is 0 Å². The first-order valence-corrected chi connectivity index (χ1v) is 7.57. The average molecular weight is 236 g/mol. The van der Waals surface area contributed by atoms with Crippen molar-refractivity contribution in [3.8, 4) is 0 Å². The number of allylic oxidation sites excluding steroid dienone is 2. The minimum absolute atomic E-state index is 0.187. The van der Waals surface area contributed by atoms with Gasteiger partial charge >= 0.3 is 0 Å². The van der Waals surface area contributed by atoms with Gasteiger partial charge in [0, 0.05) is 16.6 Å². The molecular weight excluding hydrogens is 215 g/mol. The molecule has 0 aromatic heterocycles. The molecule has 0 spiro atoms. The lowest BCUT2D eigenvalue weighted by molar-refractivity contribution is 0.558. The molecule has 0 saturated heterocycles. The van der Waals surface area contributed by atoms with Crippen LogP contribution in [0.5, 0.6) is 0 Å². The third-order valence-corrected chi connectivity index (χ3v) is 6.88. The maximum atomic E-state index is 13.1. The number of hydrogen-bond donors (Lipinski definition) is 0. The zero-order valence-corrected chi connectivity index (χ0v) is 11.5. The fraction of sp³-hybridized carbons (Fsp3) is 0.429. The van der Waals surface area contributed by atoms with Crippen molar-refractivity contribution < 1.29 is 4.57 Å². The molecular formula is C14H21OP. The molecule has 1 nitrogen and oxygen atoms in total. The van der Waals surface area contributed by atoms with Crippen molar-refractivity contribution in [1.82, 2.24) is 0 Å². The second kappa shape index (κ2) is 5.01. The van der Waals surface area contributed by atoms with Crippen molar-refractivity contribution >= 4 is 12.4 Å². The van der Waals surface area contributed by atoms with Gasteiger partial charge < -0.3 is 4.57 Å². The van der Waals surface area contributed by atoms with Crippen LogP contribution in [-0.4, -0.2) is 11.3 Å². The number of benzene rings is 1. The summed E-state index contributed by atoms with van der Waals surface area (Å²) in [6.45, 7) is 8.15. The lowest BCUT2D eigenvalue weighted by Gasteiger charge is -2.31. The normalized spacial score (nSPS) is 16.2. The Labute approximate surface area is 99.0 Å². The van der Waals surface area contributed by atoms with Gasteiger partial charge in [-0.25, -0.2) is 0 Å². The molecule has 1 aromatic carbocycles. The first-order valence-electron chi connectivity index (χ1n) is 5.68. The van der Waals surface area contributed by atoms with Crippen LogP contribution in [0.4, 0.5) is 0 Å². The summed E-state index contributed by atoms with van der Waals surface area (Å²) in [6.07, 6.45) is 4.64. The summed E-state index contributed by atoms with van der Waals surface area (Å²) in [5.74, 6) is 0. The van der Waals surface area contributed by atoms with Crippen molar-refractivity contribution in [2.24, 2.45) is 0 Å². The third-order valence-electron chi connectivity index (χ3n) is 2.86. The minimum atomic E-state index is -2.36. The van der Waals surface area contributed by atoms with Crippen LogP contribution >= 0.6 is 7.14 Å². The Morgan fingerprint density at radius 1 is 1.19 bits per heavy atom. The molecule has 1 atom stereocenters. The monoisotopic (exact) mass is 236 g/mol. The molecule has 0 aliphatic heterocycles. The predicted octanol–water partition coefficient (Wildman–Crippen LogP) is 4.05. The quantitative estimate of drug-likeness (QED) is 0.571. The highest BCUT2D eigenvalue weighted by Gasteiger charge is 2.36. The van der Waals surface area contributed by atoms with Crippen LogP contribution in [0.15, 0.2) is 42.5 Å². The maximum Gasteiger partial charge on any atom is 0.124 e. The van der Waals surface area contributed by atoms with Gasteiger partial charge in [0.25, 0.3) is 0 Å². The zero-order valence-electron chi connectivity index (χ0n) is 10.6. The summed E-state index contributed by atoms with van der Waals surface area (Å²) in [5, 5.41) is 0.800. The highest BCUT2D eigenvalue weighted by atomic mass is 31.2. The molecule has 1 unspecified atom stereocenters. The minimum Gasteiger partial charge on any atom is -0.318 e. The van der Waals surface area contributed by atoms with E-state index in [2.05, 4.69) is 20.8 Å². The van der Waals surface area contributed by atoms with Crippen LogP contribution in [-0.2, 0) is 4.57 Å². The number of hydrogen-bond acceptors (Lipinski definition) is 1. The Hall–Kier alpha value is -0.810. The van der Waals surface area contributed by atoms with E-state index >= 15 is 0 Å². The van der Waals surface area contributed by atoms with E-state index in [1.807, 2.05) is 49.4 Å². The lowest BCUT2D eigenvalue weighted by atomic mass is 10.3. The summed E-state index contributed by atoms with van der Waals surface area (Å²) in [5.41, 5.74) is 0. The van der Waals surface area contributed by atoms with Gasteiger partial charge in [0.1, 0.15) is 7.14 Å². The van der Waals surface area contributed by atoms with Crippen LogP contribution < -0.4 is 5.30 Å². The molecule has 0 heterocycles. The summed E-state index contributed by atoms with van der Waals surface area (Å²) in [4.78, 5) is 0. The van der Waals surface area contributed by atoms with Gasteiger partial charge in [-0.15, -0.1) is 0 Å².